The van der Waals surface area contributed by atoms with Gasteiger partial charge in [0.1, 0.15) is 20.0 Å². The molecule has 15 heteroatoms. The first-order valence-corrected chi connectivity index (χ1v) is 22.2. The minimum absolute atomic E-state index is 0.0122. The largest absolute Gasteiger partial charge is 0.387 e. The third-order valence-electron chi connectivity index (χ3n) is 5.44. The molecule has 0 unspecified atom stereocenters. The van der Waals surface area contributed by atoms with Crippen molar-refractivity contribution in [2.75, 3.05) is 133 Å². The predicted octanol–water partition coefficient (Wildman–Crippen LogP) is 6.26. The number of methoxy groups -OCH3 is 1. The van der Waals surface area contributed by atoms with Crippen LogP contribution in [0.5, 0.6) is 0 Å². The van der Waals surface area contributed by atoms with E-state index >= 15 is 0 Å². The van der Waals surface area contributed by atoms with Gasteiger partial charge in [-0.05, 0) is 39.9 Å². The maximum absolute atomic E-state index is 11.4. The molecule has 6 N–H and O–H groups in total. The molecular formula is C45H100N4O11. The van der Waals surface area contributed by atoms with Crippen LogP contribution in [0.15, 0.2) is 30.3 Å². The molecule has 0 aliphatic heterocycles. The van der Waals surface area contributed by atoms with Crippen molar-refractivity contribution in [2.45, 2.75) is 109 Å². The number of rotatable bonds is 28. The first-order valence-electron chi connectivity index (χ1n) is 22.2. The predicted molar refractivity (Wildman–Crippen MR) is 253 cm³/mol. The minimum Gasteiger partial charge on any atom is -0.387 e. The summed E-state index contributed by atoms with van der Waals surface area (Å²) in [5.41, 5.74) is 6.35. The molecule has 0 saturated carbocycles. The summed E-state index contributed by atoms with van der Waals surface area (Å²) in [7, 11) is 3.55. The van der Waals surface area contributed by atoms with Gasteiger partial charge >= 0.3 is 0 Å². The van der Waals surface area contributed by atoms with Crippen LogP contribution in [0.25, 0.3) is 0 Å². The molecule has 0 saturated heterocycles. The normalized spacial score (nSPS) is 8.62. The van der Waals surface area contributed by atoms with Crippen molar-refractivity contribution in [1.29, 1.82) is 0 Å². The highest BCUT2D eigenvalue weighted by atomic mass is 16.6. The standard InChI is InChI=1S/C19H38N2O10.C7H8.C5H13N.C3H9N.5C2H6.CH2O/c1-25-6-7-31-17-19(24)21-3-5-27-9-11-29-13-15-30-14-12-28-10-8-26-4-2-20-18(23)16-22;1-7-5-3-2-4-6-7;1-3-4-5-6-2;1-2-3-4;6*1-2/h22H,2-17H2,1H3,(H,20,23)(H,21,24);2-6H,1H3;6H,3-5H2,1-2H3;2-4H2,1H3;5*1-2H3;1H2. The molecular weight excluding hydrogens is 773 g/mol. The van der Waals surface area contributed by atoms with Crippen LogP contribution in [0, 0.1) is 6.92 Å². The Morgan fingerprint density at radius 2 is 0.933 bits per heavy atom. The average molecular weight is 873 g/mol. The van der Waals surface area contributed by atoms with E-state index in [-0.39, 0.29) is 12.5 Å². The van der Waals surface area contributed by atoms with Crippen molar-refractivity contribution in [2.24, 2.45) is 5.73 Å². The van der Waals surface area contributed by atoms with Crippen molar-refractivity contribution >= 4 is 18.6 Å². The van der Waals surface area contributed by atoms with Crippen molar-refractivity contribution in [3.8, 4) is 0 Å². The number of nitrogens with one attached hydrogen (secondary N) is 3. The molecule has 1 aromatic carbocycles. The fourth-order valence-corrected chi connectivity index (χ4v) is 2.81. The van der Waals surface area contributed by atoms with Gasteiger partial charge in [-0.25, -0.2) is 0 Å². The Hall–Kier alpha value is -2.57. The number of aryl methyl sites for hydroxylation is 1. The van der Waals surface area contributed by atoms with Crippen LogP contribution in [0.2, 0.25) is 0 Å². The number of hydrogen-bond donors (Lipinski definition) is 5. The Kier molecular flexibility index (Phi) is 125. The van der Waals surface area contributed by atoms with Gasteiger partial charge < -0.3 is 64.7 Å². The highest BCUT2D eigenvalue weighted by Crippen LogP contribution is 1.92. The quantitative estimate of drug-likeness (QED) is 0.0593. The summed E-state index contributed by atoms with van der Waals surface area (Å²) < 4.78 is 36.6. The zero-order chi connectivity index (χ0) is 48.2. The Bertz CT molecular complexity index is 768. The van der Waals surface area contributed by atoms with Gasteiger partial charge in [-0.2, -0.15) is 0 Å². The van der Waals surface area contributed by atoms with Crippen molar-refractivity contribution < 1.29 is 52.6 Å². The molecule has 0 atom stereocenters. The summed E-state index contributed by atoms with van der Waals surface area (Å²) >= 11 is 0. The van der Waals surface area contributed by atoms with Crippen molar-refractivity contribution in [1.82, 2.24) is 16.0 Å². The summed E-state index contributed by atoms with van der Waals surface area (Å²) in [4.78, 5) is 30.2. The molecule has 0 radical (unpaired) electrons. The van der Waals surface area contributed by atoms with Gasteiger partial charge in [0, 0.05) is 20.2 Å². The number of aliphatic hydroxyl groups excluding tert-OH is 1. The molecule has 0 aromatic heterocycles. The Morgan fingerprint density at radius 1 is 0.583 bits per heavy atom. The molecule has 15 nitrogen and oxygen atoms in total. The number of ether oxygens (including phenoxy) is 7. The van der Waals surface area contributed by atoms with Gasteiger partial charge in [0.25, 0.3) is 0 Å². The molecule has 1 rings (SSSR count). The van der Waals surface area contributed by atoms with E-state index in [1.165, 1.54) is 18.4 Å². The minimum atomic E-state index is -0.518. The number of carbonyl (C=O) groups is 3. The van der Waals surface area contributed by atoms with Crippen LogP contribution in [-0.4, -0.2) is 157 Å². The van der Waals surface area contributed by atoms with Crippen LogP contribution >= 0.6 is 0 Å². The van der Waals surface area contributed by atoms with Crippen LogP contribution in [-0.2, 0) is 47.5 Å². The van der Waals surface area contributed by atoms with Crippen LogP contribution in [0.3, 0.4) is 0 Å². The zero-order valence-corrected chi connectivity index (χ0v) is 41.6. The lowest BCUT2D eigenvalue weighted by Gasteiger charge is -2.09. The highest BCUT2D eigenvalue weighted by Gasteiger charge is 2.00. The Balaban J connectivity index is -0.000000103. The smallest absolute Gasteiger partial charge is 0.246 e. The van der Waals surface area contributed by atoms with Gasteiger partial charge in [0.2, 0.25) is 11.8 Å². The van der Waals surface area contributed by atoms with Gasteiger partial charge in [-0.15, -0.1) is 0 Å². The van der Waals surface area contributed by atoms with Crippen molar-refractivity contribution in [3.63, 3.8) is 0 Å². The second-order valence-corrected chi connectivity index (χ2v) is 9.87. The third-order valence-corrected chi connectivity index (χ3v) is 5.44. The average Bonchev–Trinajstić information content (AvgIpc) is 3.32. The molecule has 0 fully saturated rings. The summed E-state index contributed by atoms with van der Waals surface area (Å²) in [6, 6.07) is 10.3. The molecule has 60 heavy (non-hydrogen) atoms. The number of carbonyl (C=O) groups excluding carboxylic acids is 3. The topological polar surface area (TPSA) is 198 Å². The molecule has 366 valence electrons. The summed E-state index contributed by atoms with van der Waals surface area (Å²) in [6.07, 6.45) is 3.69. The SMILES string of the molecule is C=O.CC.CC.CC.CC.CC.CCCCNC.CCCN.COCCOCC(=O)NCCOCCOCCOCCOCCOCCNC(=O)CO.Cc1ccccc1. The maximum atomic E-state index is 11.4. The lowest BCUT2D eigenvalue weighted by molar-refractivity contribution is -0.126. The molecule has 0 aliphatic rings. The van der Waals surface area contributed by atoms with Gasteiger partial charge in [0.15, 0.2) is 0 Å². The Labute approximate surface area is 370 Å². The van der Waals surface area contributed by atoms with E-state index in [0.29, 0.717) is 92.4 Å². The lowest BCUT2D eigenvalue weighted by atomic mass is 10.2. The highest BCUT2D eigenvalue weighted by molar-refractivity contribution is 5.77. The van der Waals surface area contributed by atoms with Crippen LogP contribution in [0.1, 0.15) is 108 Å². The van der Waals surface area contributed by atoms with E-state index in [0.717, 1.165) is 19.5 Å². The van der Waals surface area contributed by atoms with Gasteiger partial charge in [-0.1, -0.05) is 125 Å². The van der Waals surface area contributed by atoms with Crippen LogP contribution < -0.4 is 21.7 Å². The molecule has 0 heterocycles. The number of unbranched alkanes of at least 4 members (excludes halogenated alkanes) is 1. The number of hydrogen-bond acceptors (Lipinski definition) is 13. The van der Waals surface area contributed by atoms with E-state index < -0.39 is 12.5 Å². The first-order chi connectivity index (χ1) is 29.4. The maximum Gasteiger partial charge on any atom is 0.246 e. The molecule has 2 amide bonds. The summed E-state index contributed by atoms with van der Waals surface area (Å²) in [6.45, 7) is 35.8. The van der Waals surface area contributed by atoms with E-state index in [2.05, 4.69) is 48.9 Å². The fourth-order valence-electron chi connectivity index (χ4n) is 2.81. The van der Waals surface area contributed by atoms with E-state index in [1.54, 1.807) is 7.11 Å². The van der Waals surface area contributed by atoms with E-state index in [4.69, 9.17) is 48.8 Å². The zero-order valence-electron chi connectivity index (χ0n) is 41.6. The lowest BCUT2D eigenvalue weighted by Crippen LogP contribution is -2.31. The molecule has 0 bridgehead atoms. The molecule has 0 spiro atoms. The van der Waals surface area contributed by atoms with Crippen molar-refractivity contribution in [3.05, 3.63) is 35.9 Å². The van der Waals surface area contributed by atoms with E-state index in [9.17, 15) is 9.59 Å². The van der Waals surface area contributed by atoms with E-state index in [1.807, 2.05) is 101 Å². The molecule has 1 aromatic rings. The monoisotopic (exact) mass is 873 g/mol. The second-order valence-electron chi connectivity index (χ2n) is 9.87. The number of benzene rings is 1. The second kappa shape index (κ2) is 96.3. The van der Waals surface area contributed by atoms with Gasteiger partial charge in [-0.3, -0.25) is 9.59 Å². The Morgan fingerprint density at radius 3 is 1.20 bits per heavy atom. The van der Waals surface area contributed by atoms with Crippen LogP contribution in [0.4, 0.5) is 0 Å². The fraction of sp³-hybridized carbons (Fsp3) is 0.800. The van der Waals surface area contributed by atoms with Gasteiger partial charge in [0.05, 0.1) is 79.3 Å². The molecule has 0 aliphatic carbocycles. The number of amides is 2. The summed E-state index contributed by atoms with van der Waals surface area (Å²) in [5.74, 6) is -0.608. The number of aliphatic hydroxyl groups is 1. The first kappa shape index (κ1) is 78.0. The third kappa shape index (κ3) is 106. The summed E-state index contributed by atoms with van der Waals surface area (Å²) in [5, 5.41) is 16.7. The number of nitrogens with two attached hydrogens (primary N) is 1.